The first-order valence-corrected chi connectivity index (χ1v) is 9.32. The molecule has 0 atom stereocenters. The molecule has 136 valence electrons. The van der Waals surface area contributed by atoms with Crippen LogP contribution in [-0.4, -0.2) is 18.4 Å². The number of carbonyl (C=O) groups excluding carboxylic acids is 2. The Hall–Kier alpha value is -3.32. The van der Waals surface area contributed by atoms with E-state index in [-0.39, 0.29) is 24.8 Å². The van der Waals surface area contributed by atoms with Crippen LogP contribution in [0.15, 0.2) is 81.7 Å². The zero-order chi connectivity index (χ0) is 18.9. The van der Waals surface area contributed by atoms with E-state index in [4.69, 9.17) is 0 Å². The van der Waals surface area contributed by atoms with Gasteiger partial charge in [0.2, 0.25) is 5.91 Å². The summed E-state index contributed by atoms with van der Waals surface area (Å²) in [6.45, 7) is 0.282. The van der Waals surface area contributed by atoms with E-state index in [1.165, 1.54) is 11.3 Å². The Kier molecular flexibility index (Phi) is 6.43. The second kappa shape index (κ2) is 9.40. The molecule has 0 aliphatic carbocycles. The van der Waals surface area contributed by atoms with E-state index >= 15 is 0 Å². The van der Waals surface area contributed by atoms with Crippen molar-refractivity contribution in [2.45, 2.75) is 6.42 Å². The largest absolute Gasteiger partial charge is 0.351 e. The highest BCUT2D eigenvalue weighted by Crippen LogP contribution is 2.20. The zero-order valence-electron chi connectivity index (χ0n) is 14.5. The molecule has 7 heteroatoms. The van der Waals surface area contributed by atoms with Gasteiger partial charge in [0, 0.05) is 29.6 Å². The highest BCUT2D eigenvalue weighted by atomic mass is 32.1. The number of rotatable bonds is 7. The Morgan fingerprint density at radius 3 is 2.26 bits per heavy atom. The van der Waals surface area contributed by atoms with E-state index in [0.29, 0.717) is 16.9 Å². The number of benzene rings is 2. The minimum atomic E-state index is -0.169. The summed E-state index contributed by atoms with van der Waals surface area (Å²) in [5.41, 5.74) is 2.75. The van der Waals surface area contributed by atoms with Gasteiger partial charge in [-0.2, -0.15) is 21.6 Å². The van der Waals surface area contributed by atoms with Crippen LogP contribution >= 0.6 is 11.3 Å². The maximum absolute atomic E-state index is 12.0. The highest BCUT2D eigenvalue weighted by molar-refractivity contribution is 7.08. The molecular weight excluding hydrogens is 360 g/mol. The quantitative estimate of drug-likeness (QED) is 0.572. The predicted molar refractivity (Wildman–Crippen MR) is 107 cm³/mol. The maximum atomic E-state index is 12.0. The first kappa shape index (κ1) is 18.5. The second-order valence-corrected chi connectivity index (χ2v) is 6.43. The van der Waals surface area contributed by atoms with Crippen LogP contribution in [0, 0.1) is 0 Å². The smallest absolute Gasteiger partial charge is 0.252 e. The van der Waals surface area contributed by atoms with E-state index in [1.807, 2.05) is 35.7 Å². The minimum absolute atomic E-state index is 0.167. The lowest BCUT2D eigenvalue weighted by Crippen LogP contribution is -2.27. The first-order chi connectivity index (χ1) is 13.2. The molecule has 0 spiro atoms. The van der Waals surface area contributed by atoms with Gasteiger partial charge in [-0.1, -0.05) is 18.2 Å². The van der Waals surface area contributed by atoms with Crippen molar-refractivity contribution in [3.05, 3.63) is 77.0 Å². The number of hydrogen-bond acceptors (Lipinski definition) is 5. The van der Waals surface area contributed by atoms with Gasteiger partial charge in [-0.3, -0.25) is 9.59 Å². The molecule has 0 saturated carbocycles. The lowest BCUT2D eigenvalue weighted by Gasteiger charge is -2.06. The summed E-state index contributed by atoms with van der Waals surface area (Å²) in [7, 11) is 0. The van der Waals surface area contributed by atoms with Gasteiger partial charge in [0.1, 0.15) is 0 Å². The van der Waals surface area contributed by atoms with Gasteiger partial charge < -0.3 is 10.6 Å². The number of amides is 2. The fourth-order valence-electron chi connectivity index (χ4n) is 2.23. The van der Waals surface area contributed by atoms with Crippen molar-refractivity contribution in [2.75, 3.05) is 11.9 Å². The molecular formula is C20H18N4O2S. The third kappa shape index (κ3) is 5.86. The van der Waals surface area contributed by atoms with Gasteiger partial charge in [-0.05, 0) is 47.8 Å². The van der Waals surface area contributed by atoms with Crippen molar-refractivity contribution in [1.82, 2.24) is 5.32 Å². The molecule has 3 aromatic rings. The van der Waals surface area contributed by atoms with Gasteiger partial charge in [-0.15, -0.1) is 0 Å². The molecule has 0 radical (unpaired) electrons. The summed E-state index contributed by atoms with van der Waals surface area (Å²) in [4.78, 5) is 23.8. The van der Waals surface area contributed by atoms with Crippen molar-refractivity contribution < 1.29 is 9.59 Å². The number of azo groups is 1. The maximum Gasteiger partial charge on any atom is 0.252 e. The standard InChI is InChI=1S/C20H18N4O2S/c25-19(10-12-21-20(26)15-11-13-27-14-15)22-16-6-8-18(9-7-16)24-23-17-4-2-1-3-5-17/h1-9,11,13-14H,10,12H2,(H,21,26)(H,22,25). The van der Waals surface area contributed by atoms with Crippen LogP contribution in [0.5, 0.6) is 0 Å². The Labute approximate surface area is 161 Å². The number of anilines is 1. The SMILES string of the molecule is O=C(CCNC(=O)c1ccsc1)Nc1ccc(N=Nc2ccccc2)cc1. The van der Waals surface area contributed by atoms with Crippen LogP contribution in [0.4, 0.5) is 17.1 Å². The minimum Gasteiger partial charge on any atom is -0.351 e. The summed E-state index contributed by atoms with van der Waals surface area (Å²) in [5.74, 6) is -0.337. The summed E-state index contributed by atoms with van der Waals surface area (Å²) in [5, 5.41) is 17.4. The molecule has 1 heterocycles. The molecule has 0 unspecified atom stereocenters. The Morgan fingerprint density at radius 2 is 1.59 bits per heavy atom. The van der Waals surface area contributed by atoms with E-state index < -0.39 is 0 Å². The Morgan fingerprint density at radius 1 is 0.889 bits per heavy atom. The van der Waals surface area contributed by atoms with Crippen LogP contribution in [0.3, 0.4) is 0 Å². The summed E-state index contributed by atoms with van der Waals surface area (Å²) < 4.78 is 0. The van der Waals surface area contributed by atoms with Crippen molar-refractivity contribution in [3.63, 3.8) is 0 Å². The number of thiophene rings is 1. The summed E-state index contributed by atoms with van der Waals surface area (Å²) in [6, 6.07) is 18.3. The van der Waals surface area contributed by atoms with E-state index in [0.717, 1.165) is 5.69 Å². The molecule has 1 aromatic heterocycles. The summed E-state index contributed by atoms with van der Waals surface area (Å²) >= 11 is 1.46. The van der Waals surface area contributed by atoms with Crippen molar-refractivity contribution in [1.29, 1.82) is 0 Å². The molecule has 0 saturated heterocycles. The number of hydrogen-bond donors (Lipinski definition) is 2. The first-order valence-electron chi connectivity index (χ1n) is 8.38. The van der Waals surface area contributed by atoms with Crippen LogP contribution < -0.4 is 10.6 Å². The van der Waals surface area contributed by atoms with Crippen LogP contribution in [0.1, 0.15) is 16.8 Å². The van der Waals surface area contributed by atoms with E-state index in [2.05, 4.69) is 20.9 Å². The Bertz CT molecular complexity index is 907. The van der Waals surface area contributed by atoms with Gasteiger partial charge in [0.15, 0.2) is 0 Å². The zero-order valence-corrected chi connectivity index (χ0v) is 15.3. The van der Waals surface area contributed by atoms with Gasteiger partial charge in [0.25, 0.3) is 5.91 Å². The van der Waals surface area contributed by atoms with Gasteiger partial charge >= 0.3 is 0 Å². The van der Waals surface area contributed by atoms with E-state index in [1.54, 1.807) is 35.7 Å². The third-order valence-corrected chi connectivity index (χ3v) is 4.29. The van der Waals surface area contributed by atoms with Crippen molar-refractivity contribution in [3.8, 4) is 0 Å². The summed E-state index contributed by atoms with van der Waals surface area (Å²) in [6.07, 6.45) is 0.200. The molecule has 0 bridgehead atoms. The Balaban J connectivity index is 1.44. The molecule has 0 aliphatic rings. The van der Waals surface area contributed by atoms with Crippen molar-refractivity contribution in [2.24, 2.45) is 10.2 Å². The van der Waals surface area contributed by atoms with E-state index in [9.17, 15) is 9.59 Å². The average molecular weight is 378 g/mol. The van der Waals surface area contributed by atoms with Crippen LogP contribution in [0.25, 0.3) is 0 Å². The van der Waals surface area contributed by atoms with Crippen LogP contribution in [0.2, 0.25) is 0 Å². The topological polar surface area (TPSA) is 82.9 Å². The molecule has 27 heavy (non-hydrogen) atoms. The molecule has 6 nitrogen and oxygen atoms in total. The lowest BCUT2D eigenvalue weighted by atomic mass is 10.2. The van der Waals surface area contributed by atoms with Gasteiger partial charge in [-0.25, -0.2) is 0 Å². The number of nitrogens with zero attached hydrogens (tertiary/aromatic N) is 2. The number of nitrogens with one attached hydrogen (secondary N) is 2. The molecule has 2 N–H and O–H groups in total. The normalized spacial score (nSPS) is 10.7. The van der Waals surface area contributed by atoms with Crippen LogP contribution in [-0.2, 0) is 4.79 Å². The lowest BCUT2D eigenvalue weighted by molar-refractivity contribution is -0.116. The number of carbonyl (C=O) groups is 2. The fourth-order valence-corrected chi connectivity index (χ4v) is 2.87. The molecule has 0 fully saturated rings. The monoisotopic (exact) mass is 378 g/mol. The average Bonchev–Trinajstić information content (AvgIpc) is 3.23. The van der Waals surface area contributed by atoms with Gasteiger partial charge in [0.05, 0.1) is 11.4 Å². The molecule has 0 aliphatic heterocycles. The molecule has 3 rings (SSSR count). The second-order valence-electron chi connectivity index (χ2n) is 5.65. The third-order valence-electron chi connectivity index (χ3n) is 3.61. The fraction of sp³-hybridized carbons (Fsp3) is 0.100. The van der Waals surface area contributed by atoms with Crippen molar-refractivity contribution >= 4 is 40.2 Å². The highest BCUT2D eigenvalue weighted by Gasteiger charge is 2.07. The molecule has 2 aromatic carbocycles. The molecule has 2 amide bonds. The predicted octanol–water partition coefficient (Wildman–Crippen LogP) is 4.92.